The van der Waals surface area contributed by atoms with Crippen LogP contribution >= 0.6 is 23.5 Å². The lowest BCUT2D eigenvalue weighted by Crippen LogP contribution is -2.22. The summed E-state index contributed by atoms with van der Waals surface area (Å²) in [7, 11) is 0. The average molecular weight is 627 g/mol. The van der Waals surface area contributed by atoms with Gasteiger partial charge in [-0.2, -0.15) is 0 Å². The summed E-state index contributed by atoms with van der Waals surface area (Å²) in [5, 5.41) is 0. The van der Waals surface area contributed by atoms with E-state index in [1.54, 1.807) is 0 Å². The molecule has 0 aliphatic rings. The van der Waals surface area contributed by atoms with Crippen LogP contribution in [0.2, 0.25) is 0 Å². The second kappa shape index (κ2) is 15.6. The minimum atomic E-state index is -0.178. The highest BCUT2D eigenvalue weighted by molar-refractivity contribution is 8.17. The molecule has 0 saturated heterocycles. The Kier molecular flexibility index (Phi) is 14.3. The number of rotatable bonds is 9. The number of carbonyl (C=O) groups excluding carboxylic acids is 1. The van der Waals surface area contributed by atoms with Crippen molar-refractivity contribution in [1.29, 1.82) is 0 Å². The third kappa shape index (κ3) is 12.7. The highest BCUT2D eigenvalue weighted by atomic mass is 32.2. The number of benzene rings is 2. The van der Waals surface area contributed by atoms with Gasteiger partial charge in [0.1, 0.15) is 5.75 Å². The van der Waals surface area contributed by atoms with Crippen LogP contribution in [0.1, 0.15) is 152 Å². The molecule has 0 fully saturated rings. The van der Waals surface area contributed by atoms with Gasteiger partial charge in [-0.1, -0.05) is 109 Å². The summed E-state index contributed by atoms with van der Waals surface area (Å²) >= 11 is 3.81. The van der Waals surface area contributed by atoms with Crippen LogP contribution in [0.15, 0.2) is 52.3 Å². The molecule has 2 aromatic rings. The molecule has 0 aromatic heterocycles. The van der Waals surface area contributed by atoms with E-state index in [-0.39, 0.29) is 27.6 Å². The lowest BCUT2D eigenvalue weighted by atomic mass is 9.79. The molecule has 0 aliphatic carbocycles. The normalized spacial score (nSPS) is 13.2. The van der Waals surface area contributed by atoms with Gasteiger partial charge in [-0.05, 0) is 83.7 Å². The van der Waals surface area contributed by atoms with Crippen LogP contribution in [-0.4, -0.2) is 10.6 Å². The number of hydrogen-bond donors (Lipinski definition) is 0. The van der Waals surface area contributed by atoms with Crippen molar-refractivity contribution in [2.45, 2.75) is 166 Å². The molecule has 0 bridgehead atoms. The largest absolute Gasteiger partial charge is 0.426 e. The molecular formula is C39H62O2S2. The van der Waals surface area contributed by atoms with E-state index in [0.717, 1.165) is 35.3 Å². The maximum Gasteiger partial charge on any atom is 0.311 e. The third-order valence-electron chi connectivity index (χ3n) is 7.12. The highest BCUT2D eigenvalue weighted by Gasteiger charge is 2.30. The lowest BCUT2D eigenvalue weighted by molar-refractivity contribution is -0.134. The molecular weight excluding hydrogens is 565 g/mol. The van der Waals surface area contributed by atoms with Gasteiger partial charge in [0.25, 0.3) is 0 Å². The summed E-state index contributed by atoms with van der Waals surface area (Å²) in [4.78, 5) is 15.5. The van der Waals surface area contributed by atoms with Crippen molar-refractivity contribution in [2.75, 3.05) is 0 Å². The molecule has 242 valence electrons. The van der Waals surface area contributed by atoms with Crippen molar-refractivity contribution in [3.05, 3.63) is 64.7 Å². The first-order valence-corrected chi connectivity index (χ1v) is 17.8. The summed E-state index contributed by atoms with van der Waals surface area (Å²) in [5.41, 5.74) is 5.85. The zero-order valence-corrected chi connectivity index (χ0v) is 32.1. The fraction of sp³-hybridized carbons (Fsp3) is 0.615. The SMILES string of the molecule is C=C(C)CCCC(=O)Oc1c(C(C)(C)C)cc(SC(C)Sc2cc(C(C)(C)C)cc(C(C)(C)C)c2)cc1C(C)(C)C.CC. The number of allylic oxidation sites excluding steroid dienone is 1. The first kappa shape index (κ1) is 39.4. The molecule has 0 spiro atoms. The number of ether oxygens (including phenoxy) is 1. The quantitative estimate of drug-likeness (QED) is 0.0909. The van der Waals surface area contributed by atoms with Gasteiger partial charge in [0, 0.05) is 27.3 Å². The Balaban J connectivity index is 0.00000452. The monoisotopic (exact) mass is 626 g/mol. The van der Waals surface area contributed by atoms with E-state index in [1.807, 2.05) is 44.3 Å². The smallest absolute Gasteiger partial charge is 0.311 e. The van der Waals surface area contributed by atoms with E-state index in [1.165, 1.54) is 20.9 Å². The second-order valence-electron chi connectivity index (χ2n) is 15.7. The van der Waals surface area contributed by atoms with Crippen LogP contribution in [-0.2, 0) is 26.5 Å². The van der Waals surface area contributed by atoms with Crippen molar-refractivity contribution < 1.29 is 9.53 Å². The molecule has 0 amide bonds. The molecule has 1 unspecified atom stereocenters. The predicted octanol–water partition coefficient (Wildman–Crippen LogP) is 12.8. The van der Waals surface area contributed by atoms with Crippen molar-refractivity contribution in [1.82, 2.24) is 0 Å². The zero-order valence-electron chi connectivity index (χ0n) is 30.4. The van der Waals surface area contributed by atoms with Gasteiger partial charge >= 0.3 is 5.97 Å². The summed E-state index contributed by atoms with van der Waals surface area (Å²) in [5.74, 6) is 0.572. The fourth-order valence-corrected chi connectivity index (χ4v) is 6.92. The number of carbonyl (C=O) groups is 1. The maximum atomic E-state index is 13.0. The number of thioether (sulfide) groups is 2. The van der Waals surface area contributed by atoms with Crippen molar-refractivity contribution in [3.8, 4) is 5.75 Å². The number of hydrogen-bond acceptors (Lipinski definition) is 4. The van der Waals surface area contributed by atoms with Gasteiger partial charge < -0.3 is 4.74 Å². The standard InChI is InChI=1S/C37H56O2S2.C2H6/c1-24(2)17-16-18-32(38)39-33-30(36(10,11)12)22-29(23-31(33)37(13,14)15)41-25(3)40-28-20-26(34(4,5)6)19-27(21-28)35(7,8)9;1-2/h19-23,25H,1,16-18H2,2-15H3;1-2H3. The molecule has 0 heterocycles. The molecule has 0 N–H and O–H groups in total. The van der Waals surface area contributed by atoms with Crippen LogP contribution in [0.5, 0.6) is 5.75 Å². The first-order valence-electron chi connectivity index (χ1n) is 16.0. The third-order valence-corrected chi connectivity index (χ3v) is 9.38. The van der Waals surface area contributed by atoms with Crippen LogP contribution in [0, 0.1) is 0 Å². The first-order chi connectivity index (χ1) is 19.5. The van der Waals surface area contributed by atoms with E-state index in [2.05, 4.69) is 127 Å². The molecule has 1 atom stereocenters. The molecule has 2 nitrogen and oxygen atoms in total. The Morgan fingerprint density at radius 1 is 0.698 bits per heavy atom. The molecule has 4 heteroatoms. The minimum absolute atomic E-state index is 0.0912. The second-order valence-corrected chi connectivity index (χ2v) is 18.8. The van der Waals surface area contributed by atoms with Gasteiger partial charge in [0.2, 0.25) is 0 Å². The molecule has 0 radical (unpaired) electrons. The Bertz CT molecular complexity index is 1160. The van der Waals surface area contributed by atoms with Gasteiger partial charge in [-0.15, -0.1) is 30.1 Å². The van der Waals surface area contributed by atoms with E-state index >= 15 is 0 Å². The van der Waals surface area contributed by atoms with Crippen molar-refractivity contribution in [2.24, 2.45) is 0 Å². The Morgan fingerprint density at radius 2 is 1.09 bits per heavy atom. The van der Waals surface area contributed by atoms with Gasteiger partial charge in [0.15, 0.2) is 0 Å². The van der Waals surface area contributed by atoms with E-state index in [4.69, 9.17) is 4.74 Å². The molecule has 0 saturated carbocycles. The zero-order chi connectivity index (χ0) is 33.6. The summed E-state index contributed by atoms with van der Waals surface area (Å²) in [6, 6.07) is 11.6. The fourth-order valence-electron chi connectivity index (χ4n) is 4.53. The van der Waals surface area contributed by atoms with E-state index < -0.39 is 0 Å². The summed E-state index contributed by atoms with van der Waals surface area (Å²) < 4.78 is 6.47. The Morgan fingerprint density at radius 3 is 1.44 bits per heavy atom. The molecule has 0 aliphatic heterocycles. The predicted molar refractivity (Wildman–Crippen MR) is 195 cm³/mol. The summed E-state index contributed by atoms with van der Waals surface area (Å²) in [6.07, 6.45) is 2.00. The highest BCUT2D eigenvalue weighted by Crippen LogP contribution is 2.45. The minimum Gasteiger partial charge on any atom is -0.426 e. The summed E-state index contributed by atoms with van der Waals surface area (Å²) in [6.45, 7) is 39.2. The molecule has 2 aromatic carbocycles. The van der Waals surface area contributed by atoms with Crippen molar-refractivity contribution >= 4 is 29.5 Å². The number of esters is 1. The maximum absolute atomic E-state index is 13.0. The topological polar surface area (TPSA) is 26.3 Å². The molecule has 2 rings (SSSR count). The van der Waals surface area contributed by atoms with Gasteiger partial charge in [-0.3, -0.25) is 4.79 Å². The van der Waals surface area contributed by atoms with Crippen molar-refractivity contribution in [3.63, 3.8) is 0 Å². The van der Waals surface area contributed by atoms with E-state index in [9.17, 15) is 4.79 Å². The average Bonchev–Trinajstić information content (AvgIpc) is 2.83. The molecule has 43 heavy (non-hydrogen) atoms. The lowest BCUT2D eigenvalue weighted by Gasteiger charge is -2.30. The Labute approximate surface area is 274 Å². The van der Waals surface area contributed by atoms with E-state index in [0.29, 0.717) is 11.0 Å². The Hall–Kier alpha value is -1.65. The van der Waals surface area contributed by atoms with Gasteiger partial charge in [0.05, 0.1) is 4.58 Å². The van der Waals surface area contributed by atoms with Crippen LogP contribution in [0.3, 0.4) is 0 Å². The van der Waals surface area contributed by atoms with Crippen LogP contribution in [0.25, 0.3) is 0 Å². The van der Waals surface area contributed by atoms with Crippen LogP contribution < -0.4 is 4.74 Å². The van der Waals surface area contributed by atoms with Gasteiger partial charge in [-0.25, -0.2) is 0 Å². The van der Waals surface area contributed by atoms with Crippen LogP contribution in [0.4, 0.5) is 0 Å².